The van der Waals surface area contributed by atoms with Crippen LogP contribution in [0.25, 0.3) is 0 Å². The molecule has 21 heavy (non-hydrogen) atoms. The number of thiazole rings is 1. The topological polar surface area (TPSA) is 91.4 Å². The van der Waals surface area contributed by atoms with Gasteiger partial charge in [0.1, 0.15) is 12.3 Å². The van der Waals surface area contributed by atoms with E-state index in [1.54, 1.807) is 12.3 Å². The first-order valence-corrected chi connectivity index (χ1v) is 6.94. The highest BCUT2D eigenvalue weighted by atomic mass is 35.5. The van der Waals surface area contributed by atoms with Crippen LogP contribution in [0.3, 0.4) is 0 Å². The summed E-state index contributed by atoms with van der Waals surface area (Å²) in [6, 6.07) is 3.50. The monoisotopic (exact) mass is 328 g/mol. The second-order valence-corrected chi connectivity index (χ2v) is 5.30. The lowest BCUT2D eigenvalue weighted by Gasteiger charge is -2.07. The Morgan fingerprint density at radius 3 is 2.76 bits per heavy atom. The van der Waals surface area contributed by atoms with Gasteiger partial charge in [-0.25, -0.2) is 4.79 Å². The van der Waals surface area contributed by atoms with Crippen LogP contribution in [0.4, 0.5) is 5.69 Å². The first-order chi connectivity index (χ1) is 9.88. The minimum absolute atomic E-state index is 0.00759. The first kappa shape index (κ1) is 15.2. The van der Waals surface area contributed by atoms with Gasteiger partial charge in [0, 0.05) is 23.2 Å². The van der Waals surface area contributed by atoms with Crippen molar-refractivity contribution in [2.45, 2.75) is 13.5 Å². The fraction of sp³-hybridized carbons (Fsp3) is 0.167. The van der Waals surface area contributed by atoms with Crippen LogP contribution in [0.15, 0.2) is 28.4 Å². The molecule has 0 unspecified atom stereocenters. The molecule has 110 valence electrons. The number of nitro groups is 1. The zero-order valence-corrected chi connectivity index (χ0v) is 12.3. The van der Waals surface area contributed by atoms with E-state index in [1.165, 1.54) is 16.7 Å². The van der Waals surface area contributed by atoms with Crippen molar-refractivity contribution in [3.8, 4) is 5.75 Å². The molecule has 0 spiro atoms. The van der Waals surface area contributed by atoms with Crippen LogP contribution in [-0.4, -0.2) is 15.5 Å². The molecular formula is C12H9ClN2O5S. The van der Waals surface area contributed by atoms with Gasteiger partial charge in [0.05, 0.1) is 9.95 Å². The third kappa shape index (κ3) is 3.47. The lowest BCUT2D eigenvalue weighted by atomic mass is 10.3. The third-order valence-corrected chi connectivity index (χ3v) is 3.79. The Hall–Kier alpha value is -2.19. The maximum atomic E-state index is 11.8. The van der Waals surface area contributed by atoms with Gasteiger partial charge in [-0.2, -0.15) is 0 Å². The number of aryl methyl sites for hydroxylation is 1. The Labute approximate surface area is 127 Å². The molecule has 0 radical (unpaired) electrons. The van der Waals surface area contributed by atoms with E-state index < -0.39 is 10.9 Å². The molecule has 1 heterocycles. The van der Waals surface area contributed by atoms with E-state index in [0.29, 0.717) is 5.69 Å². The molecule has 0 N–H and O–H groups in total. The molecule has 0 amide bonds. The number of rotatable bonds is 4. The van der Waals surface area contributed by atoms with Gasteiger partial charge in [-0.05, 0) is 13.0 Å². The highest BCUT2D eigenvalue weighted by Crippen LogP contribution is 2.28. The highest BCUT2D eigenvalue weighted by Gasteiger charge is 2.15. The van der Waals surface area contributed by atoms with Gasteiger partial charge in [-0.15, -0.1) is 0 Å². The number of hydrogen-bond donors (Lipinski definition) is 0. The summed E-state index contributed by atoms with van der Waals surface area (Å²) in [5, 5.41) is 12.2. The second kappa shape index (κ2) is 6.06. The Kier molecular flexibility index (Phi) is 4.39. The van der Waals surface area contributed by atoms with E-state index in [4.69, 9.17) is 16.3 Å². The second-order valence-electron chi connectivity index (χ2n) is 4.08. The smallest absolute Gasteiger partial charge is 0.331 e. The molecule has 0 aliphatic heterocycles. The summed E-state index contributed by atoms with van der Waals surface area (Å²) in [4.78, 5) is 33.0. The maximum Gasteiger partial charge on any atom is 0.331 e. The summed E-state index contributed by atoms with van der Waals surface area (Å²) in [7, 11) is 0. The molecule has 1 aromatic carbocycles. The summed E-state index contributed by atoms with van der Waals surface area (Å²) < 4.78 is 6.28. The average Bonchev–Trinajstić information content (AvgIpc) is 2.72. The largest absolute Gasteiger partial charge is 0.424 e. The number of nitrogens with zero attached hydrogens (tertiary/aromatic N) is 2. The summed E-state index contributed by atoms with van der Waals surface area (Å²) in [6.07, 6.45) is 0. The number of halogens is 1. The summed E-state index contributed by atoms with van der Waals surface area (Å²) >= 11 is 6.80. The van der Waals surface area contributed by atoms with Crippen LogP contribution in [0.2, 0.25) is 5.02 Å². The molecule has 1 aromatic heterocycles. The van der Waals surface area contributed by atoms with Crippen molar-refractivity contribution in [1.82, 2.24) is 4.57 Å². The minimum Gasteiger partial charge on any atom is -0.424 e. The molecule has 0 atom stereocenters. The van der Waals surface area contributed by atoms with Crippen molar-refractivity contribution in [3.63, 3.8) is 0 Å². The Morgan fingerprint density at radius 2 is 2.24 bits per heavy atom. The number of hydrogen-bond acceptors (Lipinski definition) is 6. The molecule has 7 nitrogen and oxygen atoms in total. The lowest BCUT2D eigenvalue weighted by molar-refractivity contribution is -0.384. The predicted molar refractivity (Wildman–Crippen MR) is 77.1 cm³/mol. The molecule has 0 bridgehead atoms. The molecule has 0 saturated heterocycles. The Balaban J connectivity index is 2.13. The molecule has 9 heteroatoms. The van der Waals surface area contributed by atoms with Crippen LogP contribution in [0.5, 0.6) is 5.75 Å². The molecule has 0 saturated carbocycles. The van der Waals surface area contributed by atoms with E-state index in [2.05, 4.69) is 0 Å². The molecule has 2 aromatic rings. The van der Waals surface area contributed by atoms with Gasteiger partial charge in [0.2, 0.25) is 0 Å². The quantitative estimate of drug-likeness (QED) is 0.372. The fourth-order valence-corrected chi connectivity index (χ4v) is 2.51. The predicted octanol–water partition coefficient (Wildman–Crippen LogP) is 2.39. The van der Waals surface area contributed by atoms with E-state index in [0.717, 1.165) is 17.4 Å². The van der Waals surface area contributed by atoms with Crippen LogP contribution in [0.1, 0.15) is 5.69 Å². The van der Waals surface area contributed by atoms with Crippen molar-refractivity contribution < 1.29 is 14.5 Å². The van der Waals surface area contributed by atoms with Crippen LogP contribution < -0.4 is 9.61 Å². The minimum atomic E-state index is -0.686. The molecular weight excluding hydrogens is 320 g/mol. The summed E-state index contributed by atoms with van der Waals surface area (Å²) in [5.74, 6) is -0.678. The zero-order chi connectivity index (χ0) is 15.6. The van der Waals surface area contributed by atoms with Crippen LogP contribution >= 0.6 is 22.9 Å². The number of carbonyl (C=O) groups is 1. The van der Waals surface area contributed by atoms with Crippen molar-refractivity contribution >= 4 is 34.6 Å². The molecule has 2 rings (SSSR count). The van der Waals surface area contributed by atoms with E-state index >= 15 is 0 Å². The fourth-order valence-electron chi connectivity index (χ4n) is 1.57. The first-order valence-electron chi connectivity index (χ1n) is 5.68. The molecule has 0 aliphatic carbocycles. The van der Waals surface area contributed by atoms with Crippen LogP contribution in [-0.2, 0) is 11.3 Å². The number of nitro benzene ring substituents is 1. The van der Waals surface area contributed by atoms with Crippen molar-refractivity contribution in [2.75, 3.05) is 0 Å². The van der Waals surface area contributed by atoms with Gasteiger partial charge in [-0.3, -0.25) is 19.5 Å². The zero-order valence-electron chi connectivity index (χ0n) is 10.7. The number of non-ortho nitro benzene ring substituents is 1. The van der Waals surface area contributed by atoms with Gasteiger partial charge in [0.15, 0.2) is 0 Å². The number of benzene rings is 1. The maximum absolute atomic E-state index is 11.8. The Morgan fingerprint density at radius 1 is 1.52 bits per heavy atom. The average molecular weight is 329 g/mol. The highest BCUT2D eigenvalue weighted by molar-refractivity contribution is 7.07. The number of esters is 1. The Bertz CT molecular complexity index is 767. The van der Waals surface area contributed by atoms with Gasteiger partial charge >= 0.3 is 10.8 Å². The van der Waals surface area contributed by atoms with Crippen molar-refractivity contribution in [3.05, 3.63) is 54.1 Å². The molecule has 0 fully saturated rings. The number of aromatic nitrogens is 1. The van der Waals surface area contributed by atoms with E-state index in [-0.39, 0.29) is 27.9 Å². The van der Waals surface area contributed by atoms with Crippen molar-refractivity contribution in [1.29, 1.82) is 0 Å². The summed E-state index contributed by atoms with van der Waals surface area (Å²) in [5.41, 5.74) is 0.446. The lowest BCUT2D eigenvalue weighted by Crippen LogP contribution is -2.23. The standard InChI is InChI=1S/C12H9ClN2O5S/c1-7-6-21-12(17)14(7)5-11(16)20-10-3-2-8(15(18)19)4-9(10)13/h2-4,6H,5H2,1H3. The SMILES string of the molecule is Cc1csc(=O)n1CC(=O)Oc1ccc([N+](=O)[O-])cc1Cl. The van der Waals surface area contributed by atoms with Gasteiger partial charge in [0.25, 0.3) is 5.69 Å². The van der Waals surface area contributed by atoms with Gasteiger partial charge in [-0.1, -0.05) is 22.9 Å². The molecule has 0 aliphatic rings. The van der Waals surface area contributed by atoms with E-state index in [9.17, 15) is 19.7 Å². The summed E-state index contributed by atoms with van der Waals surface area (Å²) in [6.45, 7) is 1.45. The van der Waals surface area contributed by atoms with Gasteiger partial charge < -0.3 is 4.74 Å². The number of carbonyl (C=O) groups excluding carboxylic acids is 1. The van der Waals surface area contributed by atoms with Crippen LogP contribution in [0, 0.1) is 17.0 Å². The van der Waals surface area contributed by atoms with E-state index in [1.807, 2.05) is 0 Å². The third-order valence-electron chi connectivity index (χ3n) is 2.61. The normalized spacial score (nSPS) is 10.4. The number of ether oxygens (including phenoxy) is 1. The van der Waals surface area contributed by atoms with Crippen molar-refractivity contribution in [2.24, 2.45) is 0 Å².